The molecule has 6 heteroatoms. The summed E-state index contributed by atoms with van der Waals surface area (Å²) in [5.74, 6) is 5.98. The van der Waals surface area contributed by atoms with Crippen LogP contribution in [0.15, 0.2) is 18.2 Å². The van der Waals surface area contributed by atoms with Crippen molar-refractivity contribution < 1.29 is 27.8 Å². The summed E-state index contributed by atoms with van der Waals surface area (Å²) in [7, 11) is 1.43. The lowest BCUT2D eigenvalue weighted by Crippen LogP contribution is -2.16. The highest BCUT2D eigenvalue weighted by atomic mass is 19.4. The minimum atomic E-state index is -4.36. The maximum Gasteiger partial charge on any atom is 0.411 e. The Bertz CT molecular complexity index is 487. The minimum Gasteiger partial charge on any atom is -0.496 e. The number of aliphatic hydroxyl groups excluding tert-OH is 1. The molecule has 1 aromatic rings. The molecular formula is C14H15F3O3. The van der Waals surface area contributed by atoms with Crippen LogP contribution in [0.25, 0.3) is 0 Å². The Hall–Kier alpha value is -1.71. The quantitative estimate of drug-likeness (QED) is 0.846. The van der Waals surface area contributed by atoms with Gasteiger partial charge in [0.1, 0.15) is 12.4 Å². The van der Waals surface area contributed by atoms with Crippen LogP contribution in [-0.4, -0.2) is 31.6 Å². The number of alkyl halides is 3. The van der Waals surface area contributed by atoms with E-state index in [0.717, 1.165) is 0 Å². The lowest BCUT2D eigenvalue weighted by atomic mass is 10.1. The SMILES string of the molecule is COc1ccc(C#CCCO)cc1COCC(F)(F)F. The summed E-state index contributed by atoms with van der Waals surface area (Å²) in [5, 5.41) is 8.62. The van der Waals surface area contributed by atoms with Crippen LogP contribution < -0.4 is 4.74 Å². The van der Waals surface area contributed by atoms with Crippen LogP contribution in [0, 0.1) is 11.8 Å². The number of methoxy groups -OCH3 is 1. The summed E-state index contributed by atoms with van der Waals surface area (Å²) in [6.45, 7) is -1.56. The van der Waals surface area contributed by atoms with Gasteiger partial charge in [-0.1, -0.05) is 11.8 Å². The molecule has 0 aliphatic carbocycles. The van der Waals surface area contributed by atoms with Crippen LogP contribution in [-0.2, 0) is 11.3 Å². The molecular weight excluding hydrogens is 273 g/mol. The van der Waals surface area contributed by atoms with Gasteiger partial charge in [0.05, 0.1) is 20.3 Å². The predicted octanol–water partition coefficient (Wildman–Crippen LogP) is 2.51. The van der Waals surface area contributed by atoms with Gasteiger partial charge in [0.15, 0.2) is 0 Å². The zero-order chi connectivity index (χ0) is 15.0. The molecule has 0 saturated heterocycles. The zero-order valence-electron chi connectivity index (χ0n) is 11.0. The molecule has 0 aromatic heterocycles. The largest absolute Gasteiger partial charge is 0.496 e. The van der Waals surface area contributed by atoms with Crippen LogP contribution in [0.4, 0.5) is 13.2 Å². The molecule has 0 atom stereocenters. The van der Waals surface area contributed by atoms with E-state index in [1.54, 1.807) is 18.2 Å². The van der Waals surface area contributed by atoms with Crippen molar-refractivity contribution in [2.75, 3.05) is 20.3 Å². The highest BCUT2D eigenvalue weighted by Crippen LogP contribution is 2.22. The van der Waals surface area contributed by atoms with E-state index in [2.05, 4.69) is 16.6 Å². The van der Waals surface area contributed by atoms with Crippen molar-refractivity contribution in [2.45, 2.75) is 19.2 Å². The van der Waals surface area contributed by atoms with Crippen LogP contribution in [0.1, 0.15) is 17.5 Å². The second-order valence-corrected chi connectivity index (χ2v) is 3.91. The van der Waals surface area contributed by atoms with Gasteiger partial charge < -0.3 is 14.6 Å². The molecule has 0 fully saturated rings. The van der Waals surface area contributed by atoms with E-state index in [9.17, 15) is 13.2 Å². The molecule has 0 bridgehead atoms. The maximum atomic E-state index is 12.0. The lowest BCUT2D eigenvalue weighted by molar-refractivity contribution is -0.176. The van der Waals surface area contributed by atoms with E-state index in [-0.39, 0.29) is 13.2 Å². The average molecular weight is 288 g/mol. The van der Waals surface area contributed by atoms with Crippen LogP contribution in [0.3, 0.4) is 0 Å². The van der Waals surface area contributed by atoms with Gasteiger partial charge in [-0.3, -0.25) is 0 Å². The Morgan fingerprint density at radius 2 is 2.05 bits per heavy atom. The van der Waals surface area contributed by atoms with Gasteiger partial charge in [0.25, 0.3) is 0 Å². The van der Waals surface area contributed by atoms with Gasteiger partial charge >= 0.3 is 6.18 Å². The standard InChI is InChI=1S/C14H15F3O3/c1-19-13-6-5-11(4-2-3-7-18)8-12(13)9-20-10-14(15,16)17/h5-6,8,18H,3,7,9-10H2,1H3. The Labute approximate surface area is 115 Å². The van der Waals surface area contributed by atoms with Gasteiger partial charge in [0, 0.05) is 17.5 Å². The minimum absolute atomic E-state index is 0.0370. The van der Waals surface area contributed by atoms with Crippen molar-refractivity contribution in [3.05, 3.63) is 29.3 Å². The van der Waals surface area contributed by atoms with Gasteiger partial charge in [-0.25, -0.2) is 0 Å². The maximum absolute atomic E-state index is 12.0. The highest BCUT2D eigenvalue weighted by molar-refractivity contribution is 5.44. The number of halogens is 3. The van der Waals surface area contributed by atoms with E-state index >= 15 is 0 Å². The van der Waals surface area contributed by atoms with E-state index in [0.29, 0.717) is 23.3 Å². The molecule has 3 nitrogen and oxygen atoms in total. The van der Waals surface area contributed by atoms with Crippen LogP contribution in [0.2, 0.25) is 0 Å². The Balaban J connectivity index is 2.76. The summed E-state index contributed by atoms with van der Waals surface area (Å²) in [6, 6.07) is 4.92. The second-order valence-electron chi connectivity index (χ2n) is 3.91. The van der Waals surface area contributed by atoms with E-state index in [1.165, 1.54) is 7.11 Å². The molecule has 0 amide bonds. The summed E-state index contributed by atoms with van der Waals surface area (Å²) in [6.07, 6.45) is -4.02. The van der Waals surface area contributed by atoms with Gasteiger partial charge in [-0.15, -0.1) is 0 Å². The van der Waals surface area contributed by atoms with Gasteiger partial charge in [0.2, 0.25) is 0 Å². The summed E-state index contributed by atoms with van der Waals surface area (Å²) >= 11 is 0. The molecule has 0 heterocycles. The third-order valence-electron chi connectivity index (χ3n) is 2.27. The van der Waals surface area contributed by atoms with Crippen LogP contribution >= 0.6 is 0 Å². The van der Waals surface area contributed by atoms with Crippen molar-refractivity contribution >= 4 is 0 Å². The smallest absolute Gasteiger partial charge is 0.411 e. The molecule has 1 aromatic carbocycles. The van der Waals surface area contributed by atoms with E-state index < -0.39 is 12.8 Å². The monoisotopic (exact) mass is 288 g/mol. The number of aliphatic hydroxyl groups is 1. The molecule has 0 saturated carbocycles. The molecule has 0 aliphatic rings. The molecule has 110 valence electrons. The topological polar surface area (TPSA) is 38.7 Å². The third-order valence-corrected chi connectivity index (χ3v) is 2.27. The van der Waals surface area contributed by atoms with Crippen molar-refractivity contribution in [3.63, 3.8) is 0 Å². The van der Waals surface area contributed by atoms with Crippen molar-refractivity contribution in [1.29, 1.82) is 0 Å². The Morgan fingerprint density at radius 3 is 2.65 bits per heavy atom. The fourth-order valence-electron chi connectivity index (χ4n) is 1.47. The van der Waals surface area contributed by atoms with Crippen molar-refractivity contribution in [1.82, 2.24) is 0 Å². The van der Waals surface area contributed by atoms with E-state index in [4.69, 9.17) is 9.84 Å². The third kappa shape index (κ3) is 5.95. The molecule has 0 unspecified atom stereocenters. The molecule has 0 aliphatic heterocycles. The second kappa shape index (κ2) is 7.78. The number of benzene rings is 1. The first-order chi connectivity index (χ1) is 9.46. The van der Waals surface area contributed by atoms with Crippen molar-refractivity contribution in [3.8, 4) is 17.6 Å². The average Bonchev–Trinajstić information content (AvgIpc) is 2.38. The first kappa shape index (κ1) is 16.3. The van der Waals surface area contributed by atoms with Gasteiger partial charge in [-0.2, -0.15) is 13.2 Å². The number of rotatable bonds is 5. The normalized spacial score (nSPS) is 10.8. The predicted molar refractivity (Wildman–Crippen MR) is 67.3 cm³/mol. The summed E-state index contributed by atoms with van der Waals surface area (Å²) < 4.78 is 45.7. The van der Waals surface area contributed by atoms with Crippen LogP contribution in [0.5, 0.6) is 5.75 Å². The highest BCUT2D eigenvalue weighted by Gasteiger charge is 2.27. The fourth-order valence-corrected chi connectivity index (χ4v) is 1.47. The first-order valence-electron chi connectivity index (χ1n) is 5.87. The Morgan fingerprint density at radius 1 is 1.30 bits per heavy atom. The number of hydrogen-bond acceptors (Lipinski definition) is 3. The van der Waals surface area contributed by atoms with E-state index in [1.807, 2.05) is 0 Å². The fraction of sp³-hybridized carbons (Fsp3) is 0.429. The van der Waals surface area contributed by atoms with Crippen molar-refractivity contribution in [2.24, 2.45) is 0 Å². The van der Waals surface area contributed by atoms with Gasteiger partial charge in [-0.05, 0) is 18.2 Å². The molecule has 0 radical (unpaired) electrons. The summed E-state index contributed by atoms with van der Waals surface area (Å²) in [5.41, 5.74) is 1.12. The lowest BCUT2D eigenvalue weighted by Gasteiger charge is -2.11. The molecule has 1 N–H and O–H groups in total. The molecule has 20 heavy (non-hydrogen) atoms. The number of ether oxygens (including phenoxy) is 2. The molecule has 0 spiro atoms. The summed E-state index contributed by atoms with van der Waals surface area (Å²) in [4.78, 5) is 0. The first-order valence-corrected chi connectivity index (χ1v) is 5.87. The number of hydrogen-bond donors (Lipinski definition) is 1. The Kier molecular flexibility index (Phi) is 6.36. The molecule has 1 rings (SSSR count). The zero-order valence-corrected chi connectivity index (χ0v) is 11.0.